The molecule has 0 bridgehead atoms. The average Bonchev–Trinajstić information content (AvgIpc) is 2.92. The van der Waals surface area contributed by atoms with Crippen molar-refractivity contribution < 1.29 is 0 Å². The summed E-state index contributed by atoms with van der Waals surface area (Å²) in [5, 5.41) is 7.94. The number of rotatable bonds is 7. The lowest BCUT2D eigenvalue weighted by Crippen LogP contribution is -2.28. The highest BCUT2D eigenvalue weighted by molar-refractivity contribution is 9.10. The predicted octanol–water partition coefficient (Wildman–Crippen LogP) is 3.99. The number of nitrogens with one attached hydrogen (secondary N) is 1. The van der Waals surface area contributed by atoms with Gasteiger partial charge >= 0.3 is 0 Å². The van der Waals surface area contributed by atoms with E-state index < -0.39 is 0 Å². The van der Waals surface area contributed by atoms with Crippen molar-refractivity contribution in [3.05, 3.63) is 52.3 Å². The Kier molecular flexibility index (Phi) is 6.00. The molecule has 1 aromatic heterocycles. The molecule has 1 atom stereocenters. The first-order valence-electron chi connectivity index (χ1n) is 7.58. The zero-order valence-electron chi connectivity index (χ0n) is 13.0. The molecule has 0 saturated carbocycles. The molecule has 0 radical (unpaired) electrons. The van der Waals surface area contributed by atoms with Crippen LogP contribution >= 0.6 is 15.9 Å². The van der Waals surface area contributed by atoms with Gasteiger partial charge in [-0.15, -0.1) is 0 Å². The maximum absolute atomic E-state index is 4.38. The molecule has 21 heavy (non-hydrogen) atoms. The fourth-order valence-electron chi connectivity index (χ4n) is 2.39. The summed E-state index contributed by atoms with van der Waals surface area (Å²) < 4.78 is 3.12. The molecule has 0 aliphatic rings. The van der Waals surface area contributed by atoms with E-state index in [4.69, 9.17) is 0 Å². The number of hydrogen-bond acceptors (Lipinski definition) is 2. The van der Waals surface area contributed by atoms with Crippen LogP contribution in [0.15, 0.2) is 41.1 Å². The topological polar surface area (TPSA) is 29.9 Å². The van der Waals surface area contributed by atoms with Crippen LogP contribution in [0.5, 0.6) is 0 Å². The van der Waals surface area contributed by atoms with Crippen molar-refractivity contribution in [1.82, 2.24) is 15.1 Å². The van der Waals surface area contributed by atoms with Gasteiger partial charge in [0.1, 0.15) is 0 Å². The molecule has 0 aliphatic heterocycles. The molecule has 114 valence electrons. The number of aryl methyl sites for hydroxylation is 1. The van der Waals surface area contributed by atoms with Gasteiger partial charge in [-0.3, -0.25) is 4.68 Å². The van der Waals surface area contributed by atoms with Crippen LogP contribution in [0.1, 0.15) is 37.8 Å². The van der Waals surface area contributed by atoms with Crippen LogP contribution < -0.4 is 5.32 Å². The maximum Gasteiger partial charge on any atom is 0.0521 e. The Bertz CT molecular complexity index is 545. The van der Waals surface area contributed by atoms with Gasteiger partial charge in [0.05, 0.1) is 6.20 Å². The molecule has 0 saturated heterocycles. The minimum Gasteiger partial charge on any atom is -0.314 e. The number of hydrogen-bond donors (Lipinski definition) is 1. The van der Waals surface area contributed by atoms with Gasteiger partial charge in [-0.25, -0.2) is 0 Å². The molecular formula is C17H24BrN3. The van der Waals surface area contributed by atoms with Crippen LogP contribution in [-0.2, 0) is 13.0 Å². The number of benzene rings is 1. The summed E-state index contributed by atoms with van der Waals surface area (Å²) in [4.78, 5) is 0. The molecular weight excluding hydrogens is 326 g/mol. The minimum absolute atomic E-state index is 0.468. The number of nitrogens with zero attached hydrogens (tertiary/aromatic N) is 2. The molecule has 4 heteroatoms. The van der Waals surface area contributed by atoms with Crippen molar-refractivity contribution in [3.63, 3.8) is 0 Å². The van der Waals surface area contributed by atoms with Gasteiger partial charge < -0.3 is 5.32 Å². The predicted molar refractivity (Wildman–Crippen MR) is 91.6 cm³/mol. The second kappa shape index (κ2) is 7.76. The lowest BCUT2D eigenvalue weighted by Gasteiger charge is -2.19. The van der Waals surface area contributed by atoms with Gasteiger partial charge in [-0.05, 0) is 36.6 Å². The summed E-state index contributed by atoms with van der Waals surface area (Å²) >= 11 is 3.51. The van der Waals surface area contributed by atoms with Crippen molar-refractivity contribution in [2.24, 2.45) is 0 Å². The summed E-state index contributed by atoms with van der Waals surface area (Å²) in [6.45, 7) is 8.40. The first kappa shape index (κ1) is 16.2. The molecule has 1 heterocycles. The molecule has 0 fully saturated rings. The van der Waals surface area contributed by atoms with Crippen molar-refractivity contribution in [2.75, 3.05) is 6.54 Å². The van der Waals surface area contributed by atoms with Gasteiger partial charge in [-0.1, -0.05) is 41.9 Å². The van der Waals surface area contributed by atoms with Crippen molar-refractivity contribution in [1.29, 1.82) is 0 Å². The van der Waals surface area contributed by atoms with Crippen LogP contribution in [0, 0.1) is 0 Å². The van der Waals surface area contributed by atoms with E-state index in [-0.39, 0.29) is 0 Å². The minimum atomic E-state index is 0.468. The van der Waals surface area contributed by atoms with Gasteiger partial charge in [0.25, 0.3) is 0 Å². The third-order valence-electron chi connectivity index (χ3n) is 3.61. The Morgan fingerprint density at radius 3 is 2.52 bits per heavy atom. The lowest BCUT2D eigenvalue weighted by molar-refractivity contribution is 0.526. The highest BCUT2D eigenvalue weighted by Gasteiger charge is 2.14. The van der Waals surface area contributed by atoms with E-state index in [2.05, 4.69) is 77.6 Å². The Labute approximate surface area is 135 Å². The van der Waals surface area contributed by atoms with Gasteiger partial charge in [0.15, 0.2) is 0 Å². The third-order valence-corrected chi connectivity index (χ3v) is 4.14. The van der Waals surface area contributed by atoms with Crippen molar-refractivity contribution in [3.8, 4) is 0 Å². The van der Waals surface area contributed by atoms with E-state index in [9.17, 15) is 0 Å². The van der Waals surface area contributed by atoms with E-state index in [1.807, 2.05) is 10.9 Å². The number of aromatic nitrogens is 2. The standard InChI is InChI=1S/C17H24BrN3/c1-4-21-12-14(10-20-21)9-16(11-19-13(2)3)15-5-7-17(18)8-6-15/h5-8,10,12-13,16,19H,4,9,11H2,1-3H3. The Balaban J connectivity index is 2.12. The Hall–Kier alpha value is -1.13. The van der Waals surface area contributed by atoms with Gasteiger partial charge in [-0.2, -0.15) is 5.10 Å². The smallest absolute Gasteiger partial charge is 0.0521 e. The highest BCUT2D eigenvalue weighted by atomic mass is 79.9. The van der Waals surface area contributed by atoms with Crippen LogP contribution in [-0.4, -0.2) is 22.4 Å². The normalized spacial score (nSPS) is 12.8. The molecule has 0 aliphatic carbocycles. The molecule has 0 spiro atoms. The summed E-state index contributed by atoms with van der Waals surface area (Å²) in [6, 6.07) is 9.16. The second-order valence-corrected chi connectivity index (χ2v) is 6.64. The van der Waals surface area contributed by atoms with E-state index in [1.54, 1.807) is 0 Å². The van der Waals surface area contributed by atoms with E-state index >= 15 is 0 Å². The van der Waals surface area contributed by atoms with E-state index in [1.165, 1.54) is 11.1 Å². The molecule has 1 aromatic carbocycles. The average molecular weight is 350 g/mol. The van der Waals surface area contributed by atoms with Gasteiger partial charge in [0, 0.05) is 35.7 Å². The summed E-state index contributed by atoms with van der Waals surface area (Å²) in [5.41, 5.74) is 2.67. The van der Waals surface area contributed by atoms with Crippen molar-refractivity contribution >= 4 is 15.9 Å². The van der Waals surface area contributed by atoms with E-state index in [0.717, 1.165) is 24.0 Å². The first-order valence-corrected chi connectivity index (χ1v) is 8.38. The maximum atomic E-state index is 4.38. The SMILES string of the molecule is CCn1cc(CC(CNC(C)C)c2ccc(Br)cc2)cn1. The zero-order chi connectivity index (χ0) is 15.2. The fraction of sp³-hybridized carbons (Fsp3) is 0.471. The molecule has 0 amide bonds. The molecule has 2 rings (SSSR count). The van der Waals surface area contributed by atoms with Crippen molar-refractivity contribution in [2.45, 2.75) is 45.7 Å². The van der Waals surface area contributed by atoms with Crippen LogP contribution in [0.25, 0.3) is 0 Å². The molecule has 3 nitrogen and oxygen atoms in total. The van der Waals surface area contributed by atoms with Gasteiger partial charge in [0.2, 0.25) is 0 Å². The quantitative estimate of drug-likeness (QED) is 0.818. The number of halogens is 1. The highest BCUT2D eigenvalue weighted by Crippen LogP contribution is 2.22. The lowest BCUT2D eigenvalue weighted by atomic mass is 9.93. The van der Waals surface area contributed by atoms with Crippen LogP contribution in [0.4, 0.5) is 0 Å². The fourth-order valence-corrected chi connectivity index (χ4v) is 2.65. The van der Waals surface area contributed by atoms with E-state index in [0.29, 0.717) is 12.0 Å². The van der Waals surface area contributed by atoms with Crippen LogP contribution in [0.3, 0.4) is 0 Å². The largest absolute Gasteiger partial charge is 0.314 e. The second-order valence-electron chi connectivity index (χ2n) is 5.72. The summed E-state index contributed by atoms with van der Waals surface area (Å²) in [6.07, 6.45) is 5.16. The summed E-state index contributed by atoms with van der Waals surface area (Å²) in [7, 11) is 0. The van der Waals surface area contributed by atoms with Crippen LogP contribution in [0.2, 0.25) is 0 Å². The Morgan fingerprint density at radius 2 is 1.95 bits per heavy atom. The first-order chi connectivity index (χ1) is 10.1. The molecule has 1 N–H and O–H groups in total. The summed E-state index contributed by atoms with van der Waals surface area (Å²) in [5.74, 6) is 0.468. The monoisotopic (exact) mass is 349 g/mol. The molecule has 2 aromatic rings. The Morgan fingerprint density at radius 1 is 1.24 bits per heavy atom. The molecule has 1 unspecified atom stereocenters. The third kappa shape index (κ3) is 4.97. The zero-order valence-corrected chi connectivity index (χ0v) is 14.6.